The quantitative estimate of drug-likeness (QED) is 0.838. The van der Waals surface area contributed by atoms with Crippen molar-refractivity contribution in [2.45, 2.75) is 38.7 Å². The maximum Gasteiger partial charge on any atom is 0.306 e. The predicted molar refractivity (Wildman–Crippen MR) is 87.1 cm³/mol. The number of carboxylic acid groups (broad SMARTS) is 1. The van der Waals surface area contributed by atoms with E-state index in [4.69, 9.17) is 9.84 Å². The van der Waals surface area contributed by atoms with Crippen molar-refractivity contribution in [2.24, 2.45) is 5.92 Å². The highest BCUT2D eigenvalue weighted by Gasteiger charge is 2.28. The highest BCUT2D eigenvalue weighted by molar-refractivity contribution is 5.78. The summed E-state index contributed by atoms with van der Waals surface area (Å²) in [4.78, 5) is 25.0. The van der Waals surface area contributed by atoms with Crippen LogP contribution in [0.5, 0.6) is 0 Å². The summed E-state index contributed by atoms with van der Waals surface area (Å²) in [7, 11) is 0. The summed E-state index contributed by atoms with van der Waals surface area (Å²) < 4.78 is 5.41. The van der Waals surface area contributed by atoms with Crippen molar-refractivity contribution < 1.29 is 19.4 Å². The lowest BCUT2D eigenvalue weighted by atomic mass is 9.99. The third-order valence-electron chi connectivity index (χ3n) is 4.22. The average Bonchev–Trinajstić information content (AvgIpc) is 2.54. The Hall–Kier alpha value is -1.88. The van der Waals surface area contributed by atoms with E-state index in [1.807, 2.05) is 25.1 Å². The highest BCUT2D eigenvalue weighted by Crippen LogP contribution is 2.16. The van der Waals surface area contributed by atoms with E-state index in [1.165, 1.54) is 5.56 Å². The monoisotopic (exact) mass is 319 g/mol. The Kier molecular flexibility index (Phi) is 6.59. The molecule has 0 aliphatic carbocycles. The largest absolute Gasteiger partial charge is 0.481 e. The second kappa shape index (κ2) is 8.67. The molecule has 23 heavy (non-hydrogen) atoms. The van der Waals surface area contributed by atoms with Crippen molar-refractivity contribution in [2.75, 3.05) is 19.7 Å². The number of nitrogens with zero attached hydrogens (tertiary/aromatic N) is 1. The first-order valence-electron chi connectivity index (χ1n) is 8.22. The van der Waals surface area contributed by atoms with Gasteiger partial charge in [-0.1, -0.05) is 37.3 Å². The Balaban J connectivity index is 1.76. The lowest BCUT2D eigenvalue weighted by Gasteiger charge is -2.34. The average molecular weight is 319 g/mol. The molecule has 0 spiro atoms. The van der Waals surface area contributed by atoms with Gasteiger partial charge in [-0.25, -0.2) is 0 Å². The Bertz CT molecular complexity index is 517. The summed E-state index contributed by atoms with van der Waals surface area (Å²) in [6.45, 7) is 3.31. The molecule has 5 nitrogen and oxygen atoms in total. The van der Waals surface area contributed by atoms with Crippen LogP contribution in [0.25, 0.3) is 0 Å². The Labute approximate surface area is 137 Å². The first-order valence-corrected chi connectivity index (χ1v) is 8.22. The van der Waals surface area contributed by atoms with E-state index in [9.17, 15) is 9.59 Å². The molecule has 5 heteroatoms. The van der Waals surface area contributed by atoms with Crippen molar-refractivity contribution in [3.8, 4) is 0 Å². The zero-order valence-corrected chi connectivity index (χ0v) is 13.6. The van der Waals surface area contributed by atoms with Gasteiger partial charge in [0, 0.05) is 19.0 Å². The molecule has 1 aliphatic rings. The van der Waals surface area contributed by atoms with Crippen LogP contribution in [-0.4, -0.2) is 47.7 Å². The second-order valence-electron chi connectivity index (χ2n) is 6.15. The number of aliphatic carboxylic acids is 1. The van der Waals surface area contributed by atoms with Crippen molar-refractivity contribution >= 4 is 11.9 Å². The van der Waals surface area contributed by atoms with E-state index < -0.39 is 5.97 Å². The first kappa shape index (κ1) is 17.5. The van der Waals surface area contributed by atoms with Gasteiger partial charge in [0.15, 0.2) is 0 Å². The molecule has 1 aliphatic heterocycles. The number of hydrogen-bond donors (Lipinski definition) is 1. The molecule has 0 radical (unpaired) electrons. The van der Waals surface area contributed by atoms with E-state index in [0.717, 1.165) is 19.3 Å². The second-order valence-corrected chi connectivity index (χ2v) is 6.15. The fourth-order valence-corrected chi connectivity index (χ4v) is 2.93. The maximum atomic E-state index is 12.5. The SMILES string of the molecule is CC(CCCc1ccccc1)C(=O)N1CCOC(CC(=O)O)C1. The third kappa shape index (κ3) is 5.67. The summed E-state index contributed by atoms with van der Waals surface area (Å²) in [5.41, 5.74) is 1.29. The number of carbonyl (C=O) groups excluding carboxylic acids is 1. The lowest BCUT2D eigenvalue weighted by molar-refractivity contribution is -0.149. The number of benzene rings is 1. The predicted octanol–water partition coefficient (Wildman–Crippen LogP) is 2.35. The molecule has 2 unspecified atom stereocenters. The van der Waals surface area contributed by atoms with Crippen LogP contribution < -0.4 is 0 Å². The summed E-state index contributed by atoms with van der Waals surface area (Å²) in [5.74, 6) is -0.820. The van der Waals surface area contributed by atoms with Crippen molar-refractivity contribution in [3.63, 3.8) is 0 Å². The lowest BCUT2D eigenvalue weighted by Crippen LogP contribution is -2.48. The van der Waals surface area contributed by atoms with Gasteiger partial charge >= 0.3 is 5.97 Å². The van der Waals surface area contributed by atoms with Crippen molar-refractivity contribution in [3.05, 3.63) is 35.9 Å². The van der Waals surface area contributed by atoms with Crippen LogP contribution in [0.15, 0.2) is 30.3 Å². The molecule has 1 aromatic carbocycles. The molecular weight excluding hydrogens is 294 g/mol. The number of aryl methyl sites for hydroxylation is 1. The van der Waals surface area contributed by atoms with Crippen molar-refractivity contribution in [1.82, 2.24) is 4.90 Å². The molecule has 1 fully saturated rings. The number of hydrogen-bond acceptors (Lipinski definition) is 3. The van der Waals surface area contributed by atoms with Gasteiger partial charge < -0.3 is 14.7 Å². The fourth-order valence-electron chi connectivity index (χ4n) is 2.93. The number of amides is 1. The molecule has 1 saturated heterocycles. The van der Waals surface area contributed by atoms with Crippen molar-refractivity contribution in [1.29, 1.82) is 0 Å². The molecule has 0 saturated carbocycles. The van der Waals surface area contributed by atoms with Gasteiger partial charge in [-0.05, 0) is 24.8 Å². The molecular formula is C18H25NO4. The summed E-state index contributed by atoms with van der Waals surface area (Å²) in [6.07, 6.45) is 2.35. The third-order valence-corrected chi connectivity index (χ3v) is 4.22. The molecule has 0 aromatic heterocycles. The summed E-state index contributed by atoms with van der Waals surface area (Å²) in [6, 6.07) is 10.3. The van der Waals surface area contributed by atoms with Gasteiger partial charge in [-0.15, -0.1) is 0 Å². The van der Waals surface area contributed by atoms with Gasteiger partial charge in [0.25, 0.3) is 0 Å². The Morgan fingerprint density at radius 1 is 1.35 bits per heavy atom. The van der Waals surface area contributed by atoms with E-state index in [-0.39, 0.29) is 24.3 Å². The van der Waals surface area contributed by atoms with Crippen LogP contribution in [0.4, 0.5) is 0 Å². The number of carbonyl (C=O) groups is 2. The zero-order valence-electron chi connectivity index (χ0n) is 13.6. The maximum absolute atomic E-state index is 12.5. The number of rotatable bonds is 7. The van der Waals surface area contributed by atoms with E-state index in [0.29, 0.717) is 19.7 Å². The normalized spacial score (nSPS) is 19.3. The Morgan fingerprint density at radius 2 is 2.09 bits per heavy atom. The van der Waals surface area contributed by atoms with Crippen LogP contribution in [0.3, 0.4) is 0 Å². The Morgan fingerprint density at radius 3 is 2.78 bits per heavy atom. The molecule has 126 valence electrons. The van der Waals surface area contributed by atoms with E-state index in [1.54, 1.807) is 4.90 Å². The summed E-state index contributed by atoms with van der Waals surface area (Å²) >= 11 is 0. The summed E-state index contributed by atoms with van der Waals surface area (Å²) in [5, 5.41) is 8.84. The van der Waals surface area contributed by atoms with Gasteiger partial charge in [0.05, 0.1) is 19.1 Å². The minimum Gasteiger partial charge on any atom is -0.481 e. The van der Waals surface area contributed by atoms with Crippen LogP contribution in [0, 0.1) is 5.92 Å². The number of morpholine rings is 1. The van der Waals surface area contributed by atoms with Gasteiger partial charge in [0.1, 0.15) is 0 Å². The smallest absolute Gasteiger partial charge is 0.306 e. The molecule has 0 bridgehead atoms. The van der Waals surface area contributed by atoms with Crippen LogP contribution in [-0.2, 0) is 20.7 Å². The molecule has 2 rings (SSSR count). The number of carboxylic acids is 1. The number of ether oxygens (including phenoxy) is 1. The van der Waals surface area contributed by atoms with E-state index >= 15 is 0 Å². The minimum atomic E-state index is -0.889. The van der Waals surface area contributed by atoms with Gasteiger partial charge in [-0.2, -0.15) is 0 Å². The van der Waals surface area contributed by atoms with E-state index in [2.05, 4.69) is 12.1 Å². The fraction of sp³-hybridized carbons (Fsp3) is 0.556. The van der Waals surface area contributed by atoms with Crippen LogP contribution in [0.2, 0.25) is 0 Å². The standard InChI is InChI=1S/C18H25NO4/c1-14(6-5-9-15-7-3-2-4-8-15)18(22)19-10-11-23-16(13-19)12-17(20)21/h2-4,7-8,14,16H,5-6,9-13H2,1H3,(H,20,21). The minimum absolute atomic E-state index is 0.0395. The molecule has 2 atom stereocenters. The first-order chi connectivity index (χ1) is 11.1. The van der Waals surface area contributed by atoms with Gasteiger partial charge in [-0.3, -0.25) is 9.59 Å². The topological polar surface area (TPSA) is 66.8 Å². The molecule has 1 heterocycles. The zero-order chi connectivity index (χ0) is 16.7. The molecule has 1 amide bonds. The molecule has 1 N–H and O–H groups in total. The van der Waals surface area contributed by atoms with Crippen LogP contribution >= 0.6 is 0 Å². The highest BCUT2D eigenvalue weighted by atomic mass is 16.5. The molecule has 1 aromatic rings. The van der Waals surface area contributed by atoms with Crippen LogP contribution in [0.1, 0.15) is 31.7 Å². The van der Waals surface area contributed by atoms with Gasteiger partial charge in [0.2, 0.25) is 5.91 Å².